The van der Waals surface area contributed by atoms with Crippen LogP contribution >= 0.6 is 15.9 Å². The topological polar surface area (TPSA) is 29.5 Å². The predicted molar refractivity (Wildman–Crippen MR) is 84.0 cm³/mol. The maximum absolute atomic E-state index is 12.6. The summed E-state index contributed by atoms with van der Waals surface area (Å²) in [6.07, 6.45) is 3.30. The van der Waals surface area contributed by atoms with Gasteiger partial charge in [-0.05, 0) is 43.9 Å². The molecule has 0 radical (unpaired) electrons. The van der Waals surface area contributed by atoms with Crippen LogP contribution in [0.25, 0.3) is 0 Å². The molecule has 1 aromatic carbocycles. The van der Waals surface area contributed by atoms with Crippen LogP contribution in [0.2, 0.25) is 0 Å². The molecule has 1 atom stereocenters. The van der Waals surface area contributed by atoms with Crippen molar-refractivity contribution in [3.05, 3.63) is 33.8 Å². The molecule has 110 valence electrons. The van der Waals surface area contributed by atoms with E-state index in [0.717, 1.165) is 48.0 Å². The number of ether oxygens (including phenoxy) is 1. The molecule has 1 heterocycles. The van der Waals surface area contributed by atoms with Crippen LogP contribution in [0.15, 0.2) is 22.7 Å². The van der Waals surface area contributed by atoms with Gasteiger partial charge in [-0.2, -0.15) is 0 Å². The number of benzene rings is 1. The molecule has 1 amide bonds. The Labute approximate surface area is 129 Å². The summed E-state index contributed by atoms with van der Waals surface area (Å²) in [5.74, 6) is 0.119. The highest BCUT2D eigenvalue weighted by Gasteiger charge is 2.25. The second-order valence-electron chi connectivity index (χ2n) is 5.30. The van der Waals surface area contributed by atoms with Crippen LogP contribution in [0.4, 0.5) is 0 Å². The monoisotopic (exact) mass is 339 g/mol. The first-order valence-corrected chi connectivity index (χ1v) is 8.08. The van der Waals surface area contributed by atoms with Gasteiger partial charge in [0.1, 0.15) is 0 Å². The van der Waals surface area contributed by atoms with Crippen molar-refractivity contribution in [3.63, 3.8) is 0 Å². The van der Waals surface area contributed by atoms with E-state index in [1.807, 2.05) is 30.0 Å². The van der Waals surface area contributed by atoms with Gasteiger partial charge in [0, 0.05) is 29.7 Å². The van der Waals surface area contributed by atoms with E-state index in [-0.39, 0.29) is 12.0 Å². The lowest BCUT2D eigenvalue weighted by molar-refractivity contribution is 0.00208. The highest BCUT2D eigenvalue weighted by molar-refractivity contribution is 9.10. The van der Waals surface area contributed by atoms with Gasteiger partial charge in [0.2, 0.25) is 0 Å². The Balaban J connectivity index is 2.06. The van der Waals surface area contributed by atoms with Gasteiger partial charge in [0.15, 0.2) is 0 Å². The number of piperidine rings is 1. The maximum atomic E-state index is 12.6. The number of nitrogens with zero attached hydrogens (tertiary/aromatic N) is 1. The Kier molecular flexibility index (Phi) is 5.61. The number of amides is 1. The summed E-state index contributed by atoms with van der Waals surface area (Å²) in [5, 5.41) is 0. The second kappa shape index (κ2) is 7.23. The highest BCUT2D eigenvalue weighted by Crippen LogP contribution is 2.22. The summed E-state index contributed by atoms with van der Waals surface area (Å²) in [7, 11) is 0. The van der Waals surface area contributed by atoms with Crippen molar-refractivity contribution in [1.82, 2.24) is 4.90 Å². The Morgan fingerprint density at radius 2 is 2.30 bits per heavy atom. The van der Waals surface area contributed by atoms with E-state index in [1.54, 1.807) is 0 Å². The van der Waals surface area contributed by atoms with E-state index in [2.05, 4.69) is 22.9 Å². The van der Waals surface area contributed by atoms with Gasteiger partial charge in [0.25, 0.3) is 5.91 Å². The van der Waals surface area contributed by atoms with Crippen LogP contribution in [-0.4, -0.2) is 36.6 Å². The molecule has 2 rings (SSSR count). The zero-order valence-corrected chi connectivity index (χ0v) is 13.8. The van der Waals surface area contributed by atoms with Crippen molar-refractivity contribution in [2.24, 2.45) is 0 Å². The molecule has 1 saturated heterocycles. The minimum Gasteiger partial charge on any atom is -0.376 e. The van der Waals surface area contributed by atoms with Crippen molar-refractivity contribution in [3.8, 4) is 0 Å². The summed E-state index contributed by atoms with van der Waals surface area (Å²) in [4.78, 5) is 14.6. The first-order chi connectivity index (χ1) is 9.63. The van der Waals surface area contributed by atoms with E-state index in [4.69, 9.17) is 4.74 Å². The van der Waals surface area contributed by atoms with Gasteiger partial charge >= 0.3 is 0 Å². The van der Waals surface area contributed by atoms with Gasteiger partial charge in [-0.15, -0.1) is 0 Å². The lowest BCUT2D eigenvalue weighted by Gasteiger charge is -2.33. The average molecular weight is 340 g/mol. The summed E-state index contributed by atoms with van der Waals surface area (Å²) >= 11 is 3.49. The molecule has 20 heavy (non-hydrogen) atoms. The molecule has 1 aliphatic heterocycles. The van der Waals surface area contributed by atoms with Crippen molar-refractivity contribution in [2.75, 3.05) is 19.7 Å². The van der Waals surface area contributed by atoms with E-state index in [1.165, 1.54) is 0 Å². The zero-order valence-electron chi connectivity index (χ0n) is 12.2. The minimum absolute atomic E-state index is 0.119. The number of carbonyl (C=O) groups excluding carboxylic acids is 1. The molecule has 0 saturated carbocycles. The quantitative estimate of drug-likeness (QED) is 0.835. The first-order valence-electron chi connectivity index (χ1n) is 7.29. The van der Waals surface area contributed by atoms with Gasteiger partial charge < -0.3 is 9.64 Å². The van der Waals surface area contributed by atoms with Crippen LogP contribution in [0.5, 0.6) is 0 Å². The summed E-state index contributed by atoms with van der Waals surface area (Å²) in [6.45, 7) is 6.41. The highest BCUT2D eigenvalue weighted by atomic mass is 79.9. The van der Waals surface area contributed by atoms with Crippen LogP contribution in [-0.2, 0) is 4.74 Å². The zero-order chi connectivity index (χ0) is 14.5. The van der Waals surface area contributed by atoms with E-state index in [0.29, 0.717) is 6.54 Å². The molecular weight excluding hydrogens is 318 g/mol. The molecule has 0 aliphatic carbocycles. The predicted octanol–water partition coefficient (Wildman–Crippen LogP) is 3.79. The largest absolute Gasteiger partial charge is 0.376 e. The van der Waals surface area contributed by atoms with Crippen LogP contribution in [0.3, 0.4) is 0 Å². The van der Waals surface area contributed by atoms with E-state index in [9.17, 15) is 4.79 Å². The lowest BCUT2D eigenvalue weighted by Crippen LogP contribution is -2.43. The maximum Gasteiger partial charge on any atom is 0.254 e. The van der Waals surface area contributed by atoms with Crippen molar-refractivity contribution >= 4 is 21.8 Å². The molecular formula is C16H22BrNO2. The third-order valence-corrected chi connectivity index (χ3v) is 4.58. The molecule has 1 unspecified atom stereocenters. The molecule has 0 bridgehead atoms. The summed E-state index contributed by atoms with van der Waals surface area (Å²) < 4.78 is 6.78. The Hall–Kier alpha value is -0.870. The van der Waals surface area contributed by atoms with Crippen molar-refractivity contribution in [1.29, 1.82) is 0 Å². The van der Waals surface area contributed by atoms with E-state index >= 15 is 0 Å². The van der Waals surface area contributed by atoms with Crippen molar-refractivity contribution < 1.29 is 9.53 Å². The van der Waals surface area contributed by atoms with Gasteiger partial charge in [-0.1, -0.05) is 28.9 Å². The number of rotatable bonds is 4. The van der Waals surface area contributed by atoms with Gasteiger partial charge in [0.05, 0.1) is 6.10 Å². The lowest BCUT2D eigenvalue weighted by atomic mass is 10.0. The van der Waals surface area contributed by atoms with Crippen LogP contribution in [0, 0.1) is 6.92 Å². The second-order valence-corrected chi connectivity index (χ2v) is 6.15. The smallest absolute Gasteiger partial charge is 0.254 e. The van der Waals surface area contributed by atoms with E-state index < -0.39 is 0 Å². The fourth-order valence-electron chi connectivity index (χ4n) is 2.55. The molecule has 1 aliphatic rings. The molecule has 1 aromatic rings. The molecule has 0 N–H and O–H groups in total. The summed E-state index contributed by atoms with van der Waals surface area (Å²) in [6, 6.07) is 5.79. The standard InChI is InChI=1S/C16H22BrNO2/c1-3-10-20-13-6-5-9-18(11-13)16(19)14-7-4-8-15(17)12(14)2/h4,7-8,13H,3,5-6,9-11H2,1-2H3. The Morgan fingerprint density at radius 1 is 1.50 bits per heavy atom. The normalized spacial score (nSPS) is 19.1. The third-order valence-electron chi connectivity index (χ3n) is 3.72. The Morgan fingerprint density at radius 3 is 3.05 bits per heavy atom. The van der Waals surface area contributed by atoms with Crippen LogP contribution in [0.1, 0.15) is 42.1 Å². The van der Waals surface area contributed by atoms with Crippen molar-refractivity contribution in [2.45, 2.75) is 39.2 Å². The number of carbonyl (C=O) groups is 1. The van der Waals surface area contributed by atoms with Crippen LogP contribution < -0.4 is 0 Å². The number of halogens is 1. The molecule has 0 aromatic heterocycles. The fraction of sp³-hybridized carbons (Fsp3) is 0.562. The molecule has 1 fully saturated rings. The summed E-state index contributed by atoms with van der Waals surface area (Å²) in [5.41, 5.74) is 1.80. The number of hydrogen-bond donors (Lipinski definition) is 0. The Bertz CT molecular complexity index is 476. The molecule has 3 nitrogen and oxygen atoms in total. The minimum atomic E-state index is 0.119. The van der Waals surface area contributed by atoms with Gasteiger partial charge in [-0.3, -0.25) is 4.79 Å². The average Bonchev–Trinajstić information content (AvgIpc) is 2.47. The third kappa shape index (κ3) is 3.61. The number of hydrogen-bond acceptors (Lipinski definition) is 2. The molecule has 4 heteroatoms. The first kappa shape index (κ1) is 15.5. The fourth-order valence-corrected chi connectivity index (χ4v) is 2.92. The SMILES string of the molecule is CCCOC1CCCN(C(=O)c2cccc(Br)c2C)C1. The van der Waals surface area contributed by atoms with Gasteiger partial charge in [-0.25, -0.2) is 0 Å². The molecule has 0 spiro atoms. The number of likely N-dealkylation sites (tertiary alicyclic amines) is 1.